The lowest BCUT2D eigenvalue weighted by atomic mass is 10.1. The fourth-order valence-electron chi connectivity index (χ4n) is 2.90. The van der Waals surface area contributed by atoms with Crippen molar-refractivity contribution >= 4 is 22.6 Å². The number of carbonyl (C=O) groups excluding carboxylic acids is 1. The van der Waals surface area contributed by atoms with E-state index in [0.29, 0.717) is 22.6 Å². The monoisotopic (exact) mass is 356 g/mol. The van der Waals surface area contributed by atoms with E-state index in [4.69, 9.17) is 5.26 Å². The molecule has 4 aromatic rings. The van der Waals surface area contributed by atoms with Crippen molar-refractivity contribution in [2.75, 3.05) is 5.32 Å². The number of carbonyl (C=O) groups is 1. The lowest BCUT2D eigenvalue weighted by Crippen LogP contribution is -2.13. The van der Waals surface area contributed by atoms with Gasteiger partial charge in [0.1, 0.15) is 11.3 Å². The summed E-state index contributed by atoms with van der Waals surface area (Å²) in [6.07, 6.45) is 1.60. The molecule has 27 heavy (non-hydrogen) atoms. The first kappa shape index (κ1) is 16.5. The van der Waals surface area contributed by atoms with E-state index in [0.717, 1.165) is 27.9 Å². The van der Waals surface area contributed by atoms with Crippen molar-refractivity contribution in [3.8, 4) is 17.3 Å². The molecule has 0 spiro atoms. The molecular weight excluding hydrogens is 340 g/mol. The standard InChI is InChI=1S/C20H16N6O/c1-11-12(2)25-26-18(11)20(27)23-16-7-15-8-17(24-19(15)22-10-16)14-5-3-4-13(6-14)9-21/h3-8,10H,1-2H3,(H,22,24)(H,23,27)(H,25,26). The number of fused-ring (bicyclic) bond motifs is 1. The molecule has 0 aliphatic carbocycles. The minimum atomic E-state index is -0.258. The molecule has 7 heteroatoms. The van der Waals surface area contributed by atoms with Crippen LogP contribution in [0.3, 0.4) is 0 Å². The number of anilines is 1. The number of pyridine rings is 1. The van der Waals surface area contributed by atoms with Gasteiger partial charge in [-0.15, -0.1) is 0 Å². The van der Waals surface area contributed by atoms with E-state index in [1.165, 1.54) is 0 Å². The maximum atomic E-state index is 12.4. The van der Waals surface area contributed by atoms with Gasteiger partial charge in [-0.3, -0.25) is 9.89 Å². The summed E-state index contributed by atoms with van der Waals surface area (Å²) in [6.45, 7) is 3.70. The molecule has 0 atom stereocenters. The van der Waals surface area contributed by atoms with Crippen molar-refractivity contribution in [2.24, 2.45) is 0 Å². The lowest BCUT2D eigenvalue weighted by Gasteiger charge is -2.04. The van der Waals surface area contributed by atoms with Gasteiger partial charge >= 0.3 is 0 Å². The SMILES string of the molecule is Cc1n[nH]c(C(=O)Nc2cnc3[nH]c(-c4cccc(C#N)c4)cc3c2)c1C. The van der Waals surface area contributed by atoms with Gasteiger partial charge in [0.25, 0.3) is 5.91 Å². The molecule has 0 bridgehead atoms. The maximum absolute atomic E-state index is 12.4. The molecule has 1 aromatic carbocycles. The van der Waals surface area contributed by atoms with Gasteiger partial charge in [0.2, 0.25) is 0 Å². The fraction of sp³-hybridized carbons (Fsp3) is 0.100. The van der Waals surface area contributed by atoms with Crippen LogP contribution in [0.25, 0.3) is 22.3 Å². The van der Waals surface area contributed by atoms with Crippen molar-refractivity contribution in [2.45, 2.75) is 13.8 Å². The van der Waals surface area contributed by atoms with Crippen LogP contribution in [0, 0.1) is 25.2 Å². The Morgan fingerprint density at radius 3 is 2.81 bits per heavy atom. The van der Waals surface area contributed by atoms with Crippen LogP contribution in [0.15, 0.2) is 42.6 Å². The number of rotatable bonds is 3. The summed E-state index contributed by atoms with van der Waals surface area (Å²) in [5, 5.41) is 19.6. The topological polar surface area (TPSA) is 110 Å². The summed E-state index contributed by atoms with van der Waals surface area (Å²) in [5.74, 6) is -0.258. The molecule has 0 aliphatic rings. The first-order valence-corrected chi connectivity index (χ1v) is 8.37. The molecule has 3 N–H and O–H groups in total. The van der Waals surface area contributed by atoms with Gasteiger partial charge in [-0.25, -0.2) is 4.98 Å². The molecule has 7 nitrogen and oxygen atoms in total. The number of hydrogen-bond acceptors (Lipinski definition) is 4. The van der Waals surface area contributed by atoms with Crippen LogP contribution in [0.5, 0.6) is 0 Å². The summed E-state index contributed by atoms with van der Waals surface area (Å²) in [6, 6.07) is 13.3. The Balaban J connectivity index is 1.64. The zero-order chi connectivity index (χ0) is 19.0. The van der Waals surface area contributed by atoms with Gasteiger partial charge in [0.15, 0.2) is 0 Å². The van der Waals surface area contributed by atoms with E-state index < -0.39 is 0 Å². The molecule has 0 fully saturated rings. The molecule has 4 rings (SSSR count). The Kier molecular flexibility index (Phi) is 3.94. The number of H-pyrrole nitrogens is 2. The summed E-state index contributed by atoms with van der Waals surface area (Å²) in [7, 11) is 0. The van der Waals surface area contributed by atoms with Gasteiger partial charge in [0, 0.05) is 16.6 Å². The zero-order valence-corrected chi connectivity index (χ0v) is 14.8. The van der Waals surface area contributed by atoms with E-state index in [-0.39, 0.29) is 5.91 Å². The summed E-state index contributed by atoms with van der Waals surface area (Å²) in [5.41, 5.74) is 5.72. The third-order valence-electron chi connectivity index (χ3n) is 4.51. The van der Waals surface area contributed by atoms with Crippen molar-refractivity contribution in [1.29, 1.82) is 5.26 Å². The molecule has 0 radical (unpaired) electrons. The van der Waals surface area contributed by atoms with E-state index in [1.54, 1.807) is 12.3 Å². The average molecular weight is 356 g/mol. The molecule has 3 aromatic heterocycles. The molecule has 0 saturated carbocycles. The Morgan fingerprint density at radius 2 is 2.07 bits per heavy atom. The smallest absolute Gasteiger partial charge is 0.273 e. The lowest BCUT2D eigenvalue weighted by molar-refractivity contribution is 0.102. The number of aromatic nitrogens is 4. The highest BCUT2D eigenvalue weighted by Crippen LogP contribution is 2.25. The Morgan fingerprint density at radius 1 is 1.22 bits per heavy atom. The second-order valence-corrected chi connectivity index (χ2v) is 6.30. The van der Waals surface area contributed by atoms with Crippen LogP contribution in [0.2, 0.25) is 0 Å². The molecular formula is C20H16N6O. The number of amides is 1. The highest BCUT2D eigenvalue weighted by atomic mass is 16.1. The van der Waals surface area contributed by atoms with Crippen LogP contribution >= 0.6 is 0 Å². The number of benzene rings is 1. The van der Waals surface area contributed by atoms with Gasteiger partial charge in [-0.2, -0.15) is 10.4 Å². The van der Waals surface area contributed by atoms with Crippen molar-refractivity contribution < 1.29 is 4.79 Å². The minimum absolute atomic E-state index is 0.258. The third-order valence-corrected chi connectivity index (χ3v) is 4.51. The first-order chi connectivity index (χ1) is 13.0. The van der Waals surface area contributed by atoms with Crippen molar-refractivity contribution in [3.63, 3.8) is 0 Å². The molecule has 0 aliphatic heterocycles. The number of aromatic amines is 2. The quantitative estimate of drug-likeness (QED) is 0.520. The minimum Gasteiger partial charge on any atom is -0.339 e. The highest BCUT2D eigenvalue weighted by Gasteiger charge is 2.14. The summed E-state index contributed by atoms with van der Waals surface area (Å²) >= 11 is 0. The molecule has 1 amide bonds. The third kappa shape index (κ3) is 3.04. The van der Waals surface area contributed by atoms with Crippen LogP contribution < -0.4 is 5.32 Å². The van der Waals surface area contributed by atoms with E-state index in [1.807, 2.05) is 44.2 Å². The molecule has 0 unspecified atom stereocenters. The van der Waals surface area contributed by atoms with Gasteiger partial charge in [-0.05, 0) is 43.7 Å². The zero-order valence-electron chi connectivity index (χ0n) is 14.8. The van der Waals surface area contributed by atoms with E-state index in [9.17, 15) is 4.79 Å². The highest BCUT2D eigenvalue weighted by molar-refractivity contribution is 6.04. The van der Waals surface area contributed by atoms with Gasteiger partial charge in [0.05, 0.1) is 29.2 Å². The maximum Gasteiger partial charge on any atom is 0.273 e. The Hall–Kier alpha value is -3.92. The van der Waals surface area contributed by atoms with Crippen LogP contribution in [-0.2, 0) is 0 Å². The number of nitrogens with one attached hydrogen (secondary N) is 3. The number of nitrogens with zero attached hydrogens (tertiary/aromatic N) is 3. The van der Waals surface area contributed by atoms with Crippen LogP contribution in [0.1, 0.15) is 27.3 Å². The Labute approximate surface area is 155 Å². The molecule has 0 saturated heterocycles. The number of nitriles is 1. The fourth-order valence-corrected chi connectivity index (χ4v) is 2.90. The number of hydrogen-bond donors (Lipinski definition) is 3. The number of aryl methyl sites for hydroxylation is 1. The normalized spacial score (nSPS) is 10.7. The second kappa shape index (κ2) is 6.42. The largest absolute Gasteiger partial charge is 0.339 e. The van der Waals surface area contributed by atoms with Crippen molar-refractivity contribution in [3.05, 3.63) is 65.1 Å². The predicted octanol–water partition coefficient (Wildman–Crippen LogP) is 3.69. The predicted molar refractivity (Wildman–Crippen MR) is 102 cm³/mol. The summed E-state index contributed by atoms with van der Waals surface area (Å²) < 4.78 is 0. The van der Waals surface area contributed by atoms with Crippen LogP contribution in [0.4, 0.5) is 5.69 Å². The summed E-state index contributed by atoms with van der Waals surface area (Å²) in [4.78, 5) is 20.1. The second-order valence-electron chi connectivity index (χ2n) is 6.30. The van der Waals surface area contributed by atoms with Gasteiger partial charge in [-0.1, -0.05) is 12.1 Å². The van der Waals surface area contributed by atoms with E-state index >= 15 is 0 Å². The Bertz CT molecular complexity index is 1210. The average Bonchev–Trinajstić information content (AvgIpc) is 3.25. The van der Waals surface area contributed by atoms with Crippen LogP contribution in [-0.4, -0.2) is 26.1 Å². The van der Waals surface area contributed by atoms with Gasteiger partial charge < -0.3 is 10.3 Å². The molecule has 3 heterocycles. The van der Waals surface area contributed by atoms with Crippen molar-refractivity contribution in [1.82, 2.24) is 20.2 Å². The van der Waals surface area contributed by atoms with E-state index in [2.05, 4.69) is 31.6 Å². The first-order valence-electron chi connectivity index (χ1n) is 8.37. The molecule has 132 valence electrons.